The minimum absolute atomic E-state index is 0.0195. The van der Waals surface area contributed by atoms with Gasteiger partial charge in [-0.3, -0.25) is 9.59 Å². The minimum Gasteiger partial charge on any atom is -0.481 e. The molecule has 1 aromatic carbocycles. The van der Waals surface area contributed by atoms with E-state index in [1.807, 2.05) is 0 Å². The highest BCUT2D eigenvalue weighted by Crippen LogP contribution is 2.25. The van der Waals surface area contributed by atoms with E-state index in [9.17, 15) is 9.59 Å². The molecule has 2 atom stereocenters. The summed E-state index contributed by atoms with van der Waals surface area (Å²) in [5.41, 5.74) is 3.64. The third-order valence-electron chi connectivity index (χ3n) is 4.27. The molecule has 2 rings (SSSR count). The number of carboxylic acids is 1. The van der Waals surface area contributed by atoms with Crippen molar-refractivity contribution in [2.45, 2.75) is 52.0 Å². The Bertz CT molecular complexity index is 539. The summed E-state index contributed by atoms with van der Waals surface area (Å²) in [7, 11) is 0. The Balaban J connectivity index is 1.79. The van der Waals surface area contributed by atoms with Gasteiger partial charge in [-0.05, 0) is 50.7 Å². The summed E-state index contributed by atoms with van der Waals surface area (Å²) < 4.78 is 0. The Hall–Kier alpha value is -1.84. The smallest absolute Gasteiger partial charge is 0.306 e. The van der Waals surface area contributed by atoms with Crippen molar-refractivity contribution < 1.29 is 14.7 Å². The van der Waals surface area contributed by atoms with Crippen LogP contribution in [0.3, 0.4) is 0 Å². The van der Waals surface area contributed by atoms with Crippen LogP contribution >= 0.6 is 0 Å². The zero-order chi connectivity index (χ0) is 15.4. The molecule has 1 saturated carbocycles. The quantitative estimate of drug-likeness (QED) is 0.875. The van der Waals surface area contributed by atoms with E-state index in [1.165, 1.54) is 16.7 Å². The first-order valence-electron chi connectivity index (χ1n) is 7.54. The SMILES string of the molecule is Cc1ccc(CCC(=O)N[C@@H]2CC[C@H](C(=O)O)C2)c(C)c1. The highest BCUT2D eigenvalue weighted by atomic mass is 16.4. The van der Waals surface area contributed by atoms with Gasteiger partial charge in [-0.1, -0.05) is 23.8 Å². The predicted octanol–water partition coefficient (Wildman–Crippen LogP) is 2.61. The molecular weight excluding hydrogens is 266 g/mol. The first-order valence-corrected chi connectivity index (χ1v) is 7.54. The van der Waals surface area contributed by atoms with Crippen LogP contribution in [0.25, 0.3) is 0 Å². The number of aliphatic carboxylic acids is 1. The van der Waals surface area contributed by atoms with Crippen LogP contribution in [0.4, 0.5) is 0 Å². The maximum atomic E-state index is 12.0. The van der Waals surface area contributed by atoms with Crippen LogP contribution in [-0.4, -0.2) is 23.0 Å². The Morgan fingerprint density at radius 1 is 1.29 bits per heavy atom. The van der Waals surface area contributed by atoms with Crippen LogP contribution in [0.2, 0.25) is 0 Å². The highest BCUT2D eigenvalue weighted by Gasteiger charge is 2.30. The van der Waals surface area contributed by atoms with Crippen molar-refractivity contribution in [1.29, 1.82) is 0 Å². The molecule has 1 amide bonds. The normalized spacial score (nSPS) is 21.2. The fraction of sp³-hybridized carbons (Fsp3) is 0.529. The van der Waals surface area contributed by atoms with E-state index in [0.29, 0.717) is 19.3 Å². The lowest BCUT2D eigenvalue weighted by Crippen LogP contribution is -2.33. The van der Waals surface area contributed by atoms with Gasteiger partial charge in [0, 0.05) is 12.5 Å². The zero-order valence-electron chi connectivity index (χ0n) is 12.7. The van der Waals surface area contributed by atoms with E-state index >= 15 is 0 Å². The van der Waals surface area contributed by atoms with Gasteiger partial charge in [-0.2, -0.15) is 0 Å². The molecule has 0 aromatic heterocycles. The van der Waals surface area contributed by atoms with Crippen LogP contribution in [0.1, 0.15) is 42.4 Å². The van der Waals surface area contributed by atoms with Crippen molar-refractivity contribution in [3.8, 4) is 0 Å². The van der Waals surface area contributed by atoms with Crippen LogP contribution < -0.4 is 5.32 Å². The number of carbonyl (C=O) groups is 2. The van der Waals surface area contributed by atoms with Crippen molar-refractivity contribution in [1.82, 2.24) is 5.32 Å². The van der Waals surface area contributed by atoms with E-state index in [-0.39, 0.29) is 17.9 Å². The van der Waals surface area contributed by atoms with Crippen LogP contribution in [0.5, 0.6) is 0 Å². The molecule has 0 radical (unpaired) electrons. The Morgan fingerprint density at radius 3 is 2.67 bits per heavy atom. The summed E-state index contributed by atoms with van der Waals surface area (Å²) in [5.74, 6) is -1.03. The molecule has 21 heavy (non-hydrogen) atoms. The molecule has 1 fully saturated rings. The van der Waals surface area contributed by atoms with Crippen molar-refractivity contribution in [2.75, 3.05) is 0 Å². The minimum atomic E-state index is -0.748. The van der Waals surface area contributed by atoms with Crippen molar-refractivity contribution in [2.24, 2.45) is 5.92 Å². The molecule has 0 bridgehead atoms. The van der Waals surface area contributed by atoms with E-state index in [0.717, 1.165) is 12.8 Å². The molecule has 4 nitrogen and oxygen atoms in total. The van der Waals surface area contributed by atoms with E-state index < -0.39 is 5.97 Å². The first-order chi connectivity index (χ1) is 9.95. The molecule has 0 aliphatic heterocycles. The Labute approximate surface area is 125 Å². The average Bonchev–Trinajstić information content (AvgIpc) is 2.86. The van der Waals surface area contributed by atoms with Crippen molar-refractivity contribution in [3.05, 3.63) is 34.9 Å². The second-order valence-corrected chi connectivity index (χ2v) is 6.04. The lowest BCUT2D eigenvalue weighted by Gasteiger charge is -2.13. The van der Waals surface area contributed by atoms with Gasteiger partial charge >= 0.3 is 5.97 Å². The number of aryl methyl sites for hydroxylation is 3. The number of benzene rings is 1. The number of carbonyl (C=O) groups excluding carboxylic acids is 1. The van der Waals surface area contributed by atoms with Crippen LogP contribution in [0.15, 0.2) is 18.2 Å². The average molecular weight is 289 g/mol. The second-order valence-electron chi connectivity index (χ2n) is 6.04. The van der Waals surface area contributed by atoms with Gasteiger partial charge in [0.25, 0.3) is 0 Å². The summed E-state index contributed by atoms with van der Waals surface area (Å²) in [4.78, 5) is 22.9. The molecule has 1 aliphatic carbocycles. The second kappa shape index (κ2) is 6.74. The summed E-state index contributed by atoms with van der Waals surface area (Å²) in [6, 6.07) is 6.29. The fourth-order valence-electron chi connectivity index (χ4n) is 3.01. The van der Waals surface area contributed by atoms with E-state index in [1.54, 1.807) is 0 Å². The maximum Gasteiger partial charge on any atom is 0.306 e. The molecule has 4 heteroatoms. The summed E-state index contributed by atoms with van der Waals surface area (Å²) in [6.07, 6.45) is 3.18. The Kier molecular flexibility index (Phi) is 4.99. The van der Waals surface area contributed by atoms with Gasteiger partial charge in [0.2, 0.25) is 5.91 Å². The Morgan fingerprint density at radius 2 is 2.05 bits per heavy atom. The predicted molar refractivity (Wildman–Crippen MR) is 81.1 cm³/mol. The number of rotatable bonds is 5. The summed E-state index contributed by atoms with van der Waals surface area (Å²) in [6.45, 7) is 4.12. The molecule has 1 aromatic rings. The summed E-state index contributed by atoms with van der Waals surface area (Å²) >= 11 is 0. The van der Waals surface area contributed by atoms with E-state index in [2.05, 4.69) is 37.4 Å². The number of hydrogen-bond donors (Lipinski definition) is 2. The van der Waals surface area contributed by atoms with Gasteiger partial charge < -0.3 is 10.4 Å². The molecule has 0 heterocycles. The summed E-state index contributed by atoms with van der Waals surface area (Å²) in [5, 5.41) is 11.9. The molecule has 0 saturated heterocycles. The van der Waals surface area contributed by atoms with E-state index in [4.69, 9.17) is 5.11 Å². The van der Waals surface area contributed by atoms with Crippen LogP contribution in [0, 0.1) is 19.8 Å². The van der Waals surface area contributed by atoms with Crippen molar-refractivity contribution in [3.63, 3.8) is 0 Å². The molecule has 0 unspecified atom stereocenters. The number of nitrogens with one attached hydrogen (secondary N) is 1. The van der Waals surface area contributed by atoms with Gasteiger partial charge in [-0.15, -0.1) is 0 Å². The number of carboxylic acid groups (broad SMARTS) is 1. The first kappa shape index (κ1) is 15.5. The lowest BCUT2D eigenvalue weighted by atomic mass is 10.0. The zero-order valence-corrected chi connectivity index (χ0v) is 12.7. The molecule has 114 valence electrons. The molecule has 2 N–H and O–H groups in total. The number of amides is 1. The maximum absolute atomic E-state index is 12.0. The van der Waals surface area contributed by atoms with Gasteiger partial charge in [0.1, 0.15) is 0 Å². The number of hydrogen-bond acceptors (Lipinski definition) is 2. The lowest BCUT2D eigenvalue weighted by molar-refractivity contribution is -0.141. The third-order valence-corrected chi connectivity index (χ3v) is 4.27. The van der Waals surface area contributed by atoms with Crippen LogP contribution in [-0.2, 0) is 16.0 Å². The molecule has 0 spiro atoms. The topological polar surface area (TPSA) is 66.4 Å². The van der Waals surface area contributed by atoms with Gasteiger partial charge in [-0.25, -0.2) is 0 Å². The molecule has 1 aliphatic rings. The fourth-order valence-corrected chi connectivity index (χ4v) is 3.01. The monoisotopic (exact) mass is 289 g/mol. The van der Waals surface area contributed by atoms with Gasteiger partial charge in [0.15, 0.2) is 0 Å². The molecular formula is C17H23NO3. The largest absolute Gasteiger partial charge is 0.481 e. The van der Waals surface area contributed by atoms with Crippen molar-refractivity contribution >= 4 is 11.9 Å². The van der Waals surface area contributed by atoms with Gasteiger partial charge in [0.05, 0.1) is 5.92 Å². The highest BCUT2D eigenvalue weighted by molar-refractivity contribution is 5.77. The third kappa shape index (κ3) is 4.31. The standard InChI is InChI=1S/C17H23NO3/c1-11-3-4-13(12(2)9-11)6-8-16(19)18-15-7-5-14(10-15)17(20)21/h3-4,9,14-15H,5-8,10H2,1-2H3,(H,18,19)(H,20,21)/t14-,15+/m0/s1.